The first-order chi connectivity index (χ1) is 12.0. The maximum Gasteiger partial charge on any atom is 0.250 e. The Bertz CT molecular complexity index is 703. The molecule has 1 atom stereocenters. The zero-order valence-electron chi connectivity index (χ0n) is 16.9. The SMILES string of the molecule is C=C(C)[C@H]1Cc2c(cc(O[Si](C)(C)C(C)(C)C)c(C=O)c2OCOC)O1. The number of rotatable bonds is 7. The van der Waals surface area contributed by atoms with Gasteiger partial charge in [-0.3, -0.25) is 4.79 Å². The van der Waals surface area contributed by atoms with E-state index in [2.05, 4.69) is 40.4 Å². The number of benzene rings is 1. The monoisotopic (exact) mass is 378 g/mol. The molecule has 144 valence electrons. The highest BCUT2D eigenvalue weighted by molar-refractivity contribution is 6.74. The molecule has 0 radical (unpaired) electrons. The lowest BCUT2D eigenvalue weighted by Gasteiger charge is -2.37. The normalized spacial score (nSPS) is 16.7. The average molecular weight is 379 g/mol. The van der Waals surface area contributed by atoms with Crippen molar-refractivity contribution in [2.75, 3.05) is 13.9 Å². The fourth-order valence-electron chi connectivity index (χ4n) is 2.53. The lowest BCUT2D eigenvalue weighted by atomic mass is 10.0. The van der Waals surface area contributed by atoms with Crippen LogP contribution in [0.15, 0.2) is 18.2 Å². The van der Waals surface area contributed by atoms with Crippen LogP contribution in [0.4, 0.5) is 0 Å². The highest BCUT2D eigenvalue weighted by Crippen LogP contribution is 2.46. The molecule has 0 saturated heterocycles. The van der Waals surface area contributed by atoms with Crippen molar-refractivity contribution in [3.8, 4) is 17.2 Å². The number of aldehydes is 1. The van der Waals surface area contributed by atoms with Crippen LogP contribution in [-0.4, -0.2) is 34.6 Å². The maximum absolute atomic E-state index is 11.9. The van der Waals surface area contributed by atoms with Crippen LogP contribution in [0.25, 0.3) is 0 Å². The lowest BCUT2D eigenvalue weighted by molar-refractivity contribution is 0.0498. The fourth-order valence-corrected chi connectivity index (χ4v) is 3.56. The molecule has 2 rings (SSSR count). The van der Waals surface area contributed by atoms with Gasteiger partial charge in [-0.2, -0.15) is 0 Å². The molecule has 0 spiro atoms. The molecule has 1 aromatic rings. The molecule has 5 nitrogen and oxygen atoms in total. The second-order valence-corrected chi connectivity index (χ2v) is 13.0. The second kappa shape index (κ2) is 7.45. The minimum atomic E-state index is -2.14. The number of carbonyl (C=O) groups excluding carboxylic acids is 1. The summed E-state index contributed by atoms with van der Waals surface area (Å²) in [6, 6.07) is 1.82. The van der Waals surface area contributed by atoms with Gasteiger partial charge in [0.15, 0.2) is 13.1 Å². The minimum Gasteiger partial charge on any atom is -0.543 e. The number of ether oxygens (including phenoxy) is 3. The van der Waals surface area contributed by atoms with E-state index in [1.165, 1.54) is 0 Å². The predicted molar refractivity (Wildman–Crippen MR) is 105 cm³/mol. The molecule has 0 amide bonds. The summed E-state index contributed by atoms with van der Waals surface area (Å²) in [5.74, 6) is 1.68. The summed E-state index contributed by atoms with van der Waals surface area (Å²) in [5, 5.41) is 0.000809. The van der Waals surface area contributed by atoms with Crippen LogP contribution in [0.2, 0.25) is 18.1 Å². The van der Waals surface area contributed by atoms with Crippen LogP contribution in [0.5, 0.6) is 17.2 Å². The zero-order chi connectivity index (χ0) is 19.7. The molecule has 0 aliphatic carbocycles. The number of fused-ring (bicyclic) bond motifs is 1. The van der Waals surface area contributed by atoms with Crippen LogP contribution >= 0.6 is 0 Å². The first kappa shape index (κ1) is 20.5. The molecular formula is C20H30O5Si. The van der Waals surface area contributed by atoms with Gasteiger partial charge in [0.1, 0.15) is 23.4 Å². The number of carbonyl (C=O) groups is 1. The maximum atomic E-state index is 11.9. The molecule has 26 heavy (non-hydrogen) atoms. The van der Waals surface area contributed by atoms with Gasteiger partial charge in [-0.05, 0) is 30.6 Å². The first-order valence-electron chi connectivity index (χ1n) is 8.79. The lowest BCUT2D eigenvalue weighted by Crippen LogP contribution is -2.44. The molecule has 0 saturated carbocycles. The Labute approximate surface area is 157 Å². The van der Waals surface area contributed by atoms with E-state index in [1.54, 1.807) is 7.11 Å². The van der Waals surface area contributed by atoms with Gasteiger partial charge in [0, 0.05) is 25.2 Å². The van der Waals surface area contributed by atoms with Crippen molar-refractivity contribution in [2.24, 2.45) is 0 Å². The third-order valence-electron chi connectivity index (χ3n) is 5.16. The summed E-state index contributed by atoms with van der Waals surface area (Å²) in [6.07, 6.45) is 1.28. The highest BCUT2D eigenvalue weighted by Gasteiger charge is 2.40. The number of hydrogen-bond donors (Lipinski definition) is 0. The van der Waals surface area contributed by atoms with Crippen molar-refractivity contribution in [3.05, 3.63) is 29.3 Å². The van der Waals surface area contributed by atoms with Crippen LogP contribution in [0, 0.1) is 0 Å². The van der Waals surface area contributed by atoms with Crippen LogP contribution < -0.4 is 13.9 Å². The zero-order valence-corrected chi connectivity index (χ0v) is 17.9. The van der Waals surface area contributed by atoms with E-state index in [1.807, 2.05) is 13.0 Å². The van der Waals surface area contributed by atoms with Gasteiger partial charge in [-0.25, -0.2) is 0 Å². The van der Waals surface area contributed by atoms with Gasteiger partial charge in [0.05, 0.1) is 5.56 Å². The fraction of sp³-hybridized carbons (Fsp3) is 0.550. The van der Waals surface area contributed by atoms with Crippen molar-refractivity contribution in [2.45, 2.75) is 58.4 Å². The van der Waals surface area contributed by atoms with E-state index in [0.717, 1.165) is 17.4 Å². The van der Waals surface area contributed by atoms with Crippen molar-refractivity contribution in [1.29, 1.82) is 0 Å². The molecule has 0 aromatic heterocycles. The third-order valence-corrected chi connectivity index (χ3v) is 9.51. The summed E-state index contributed by atoms with van der Waals surface area (Å²) >= 11 is 0. The van der Waals surface area contributed by atoms with E-state index in [-0.39, 0.29) is 17.9 Å². The van der Waals surface area contributed by atoms with Crippen molar-refractivity contribution in [3.63, 3.8) is 0 Å². The molecule has 1 aliphatic heterocycles. The molecule has 1 aromatic carbocycles. The van der Waals surface area contributed by atoms with Crippen molar-refractivity contribution in [1.82, 2.24) is 0 Å². The Balaban J connectivity index is 2.55. The smallest absolute Gasteiger partial charge is 0.250 e. The predicted octanol–water partition coefficient (Wildman–Crippen LogP) is 4.75. The third kappa shape index (κ3) is 3.96. The van der Waals surface area contributed by atoms with Gasteiger partial charge in [0.2, 0.25) is 0 Å². The summed E-state index contributed by atoms with van der Waals surface area (Å²) in [4.78, 5) is 11.9. The summed E-state index contributed by atoms with van der Waals surface area (Å²) in [7, 11) is -0.592. The first-order valence-corrected chi connectivity index (χ1v) is 11.7. The van der Waals surface area contributed by atoms with E-state index in [9.17, 15) is 4.79 Å². The highest BCUT2D eigenvalue weighted by atomic mass is 28.4. The Morgan fingerprint density at radius 1 is 1.42 bits per heavy atom. The van der Waals surface area contributed by atoms with Gasteiger partial charge in [0.25, 0.3) is 8.32 Å². The Morgan fingerprint density at radius 2 is 2.08 bits per heavy atom. The second-order valence-electron chi connectivity index (χ2n) is 8.28. The van der Waals surface area contributed by atoms with E-state index in [4.69, 9.17) is 18.6 Å². The van der Waals surface area contributed by atoms with E-state index >= 15 is 0 Å². The van der Waals surface area contributed by atoms with Gasteiger partial charge < -0.3 is 18.6 Å². The summed E-state index contributed by atoms with van der Waals surface area (Å²) in [6.45, 7) is 16.7. The van der Waals surface area contributed by atoms with Crippen molar-refractivity contribution >= 4 is 14.6 Å². The minimum absolute atomic E-state index is 0.000809. The largest absolute Gasteiger partial charge is 0.543 e. The van der Waals surface area contributed by atoms with Crippen LogP contribution in [-0.2, 0) is 11.2 Å². The van der Waals surface area contributed by atoms with Crippen molar-refractivity contribution < 1.29 is 23.4 Å². The molecule has 1 aliphatic rings. The molecule has 1 heterocycles. The summed E-state index contributed by atoms with van der Waals surface area (Å²) < 4.78 is 23.2. The molecule has 0 fully saturated rings. The Hall–Kier alpha value is -1.79. The standard InChI is InChI=1S/C20H30O5Si/c1-13(2)16-9-14-17(24-16)10-18(25-26(7,8)20(3,4)5)15(11-21)19(14)23-12-22-6/h10-11,16H,1,9,12H2,2-8H3/t16-/m1/s1. The molecule has 0 bridgehead atoms. The van der Waals surface area contributed by atoms with Gasteiger partial charge in [-0.1, -0.05) is 27.4 Å². The molecule has 6 heteroatoms. The van der Waals surface area contributed by atoms with E-state index < -0.39 is 8.32 Å². The molecular weight excluding hydrogens is 348 g/mol. The van der Waals surface area contributed by atoms with Gasteiger partial charge in [-0.15, -0.1) is 0 Å². The topological polar surface area (TPSA) is 54.0 Å². The average Bonchev–Trinajstić information content (AvgIpc) is 2.94. The molecule has 0 unspecified atom stereocenters. The van der Waals surface area contributed by atoms with Crippen LogP contribution in [0.3, 0.4) is 0 Å². The molecule has 0 N–H and O–H groups in total. The van der Waals surface area contributed by atoms with Crippen LogP contribution in [0.1, 0.15) is 43.6 Å². The van der Waals surface area contributed by atoms with Gasteiger partial charge >= 0.3 is 0 Å². The Morgan fingerprint density at radius 3 is 2.58 bits per heavy atom. The Kier molecular flexibility index (Phi) is 5.88. The number of hydrogen-bond acceptors (Lipinski definition) is 5. The quantitative estimate of drug-likeness (QED) is 0.297. The van der Waals surface area contributed by atoms with E-state index in [0.29, 0.717) is 29.2 Å². The number of methoxy groups -OCH3 is 1. The summed E-state index contributed by atoms with van der Waals surface area (Å²) in [5.41, 5.74) is 2.20.